The van der Waals surface area contributed by atoms with Gasteiger partial charge in [0.2, 0.25) is 5.91 Å². The van der Waals surface area contributed by atoms with Gasteiger partial charge in [0.1, 0.15) is 18.1 Å². The van der Waals surface area contributed by atoms with E-state index in [2.05, 4.69) is 10.4 Å². The maximum absolute atomic E-state index is 12.3. The predicted octanol–water partition coefficient (Wildman–Crippen LogP) is 1.75. The fraction of sp³-hybridized carbons (Fsp3) is 0.267. The molecule has 23 heavy (non-hydrogen) atoms. The molecular weight excluding hydrogens is 320 g/mol. The Bertz CT molecular complexity index is 787. The van der Waals surface area contributed by atoms with Gasteiger partial charge in [-0.25, -0.2) is 0 Å². The molecule has 0 radical (unpaired) electrons. The summed E-state index contributed by atoms with van der Waals surface area (Å²) >= 11 is 5.97. The Morgan fingerprint density at radius 1 is 1.43 bits per heavy atom. The number of carbonyl (C=O) groups excluding carboxylic acids is 2. The molecule has 2 aromatic rings. The summed E-state index contributed by atoms with van der Waals surface area (Å²) in [6.07, 6.45) is 0. The fourth-order valence-electron chi connectivity index (χ4n) is 2.40. The van der Waals surface area contributed by atoms with E-state index in [1.54, 1.807) is 36.0 Å². The number of nitrogens with zero attached hydrogens (tertiary/aromatic N) is 3. The predicted molar refractivity (Wildman–Crippen MR) is 85.9 cm³/mol. The molecule has 120 valence electrons. The number of amides is 2. The average Bonchev–Trinajstić information content (AvgIpc) is 2.80. The summed E-state index contributed by atoms with van der Waals surface area (Å²) in [6, 6.07) is 6.71. The van der Waals surface area contributed by atoms with Crippen molar-refractivity contribution in [3.63, 3.8) is 0 Å². The van der Waals surface area contributed by atoms with Crippen molar-refractivity contribution in [2.24, 2.45) is 7.05 Å². The van der Waals surface area contributed by atoms with E-state index in [0.717, 1.165) is 5.69 Å². The van der Waals surface area contributed by atoms with Crippen molar-refractivity contribution in [1.29, 1.82) is 0 Å². The standard InChI is InChI=1S/C15H15ClN4O3/c1-9-5-13(19(2)18-9)17-14(21)7-20-11-6-10(16)3-4-12(11)23-8-15(20)22/h3-6H,7-8H2,1-2H3,(H,17,21). The van der Waals surface area contributed by atoms with Crippen LogP contribution in [0.3, 0.4) is 0 Å². The number of rotatable bonds is 3. The van der Waals surface area contributed by atoms with Gasteiger partial charge in [-0.05, 0) is 25.1 Å². The lowest BCUT2D eigenvalue weighted by Gasteiger charge is -2.28. The zero-order valence-electron chi connectivity index (χ0n) is 12.7. The molecule has 2 amide bonds. The van der Waals surface area contributed by atoms with Crippen molar-refractivity contribution >= 4 is 34.9 Å². The molecule has 8 heteroatoms. The molecule has 0 bridgehead atoms. The van der Waals surface area contributed by atoms with Crippen LogP contribution in [0, 0.1) is 6.92 Å². The highest BCUT2D eigenvalue weighted by Gasteiger charge is 2.27. The topological polar surface area (TPSA) is 76.5 Å². The van der Waals surface area contributed by atoms with Crippen molar-refractivity contribution in [2.75, 3.05) is 23.4 Å². The van der Waals surface area contributed by atoms with Gasteiger partial charge in [-0.3, -0.25) is 19.2 Å². The number of fused-ring (bicyclic) bond motifs is 1. The van der Waals surface area contributed by atoms with Crippen molar-refractivity contribution < 1.29 is 14.3 Å². The molecule has 0 aliphatic carbocycles. The molecule has 1 aromatic carbocycles. The number of carbonyl (C=O) groups is 2. The van der Waals surface area contributed by atoms with Crippen LogP contribution in [0.5, 0.6) is 5.75 Å². The zero-order chi connectivity index (χ0) is 16.6. The van der Waals surface area contributed by atoms with Gasteiger partial charge >= 0.3 is 0 Å². The highest BCUT2D eigenvalue weighted by atomic mass is 35.5. The molecule has 3 rings (SSSR count). The molecular formula is C15H15ClN4O3. The van der Waals surface area contributed by atoms with Crippen molar-refractivity contribution in [3.8, 4) is 5.75 Å². The Morgan fingerprint density at radius 3 is 2.91 bits per heavy atom. The number of benzene rings is 1. The molecule has 0 unspecified atom stereocenters. The lowest BCUT2D eigenvalue weighted by atomic mass is 10.2. The van der Waals surface area contributed by atoms with Crippen LogP contribution in [-0.2, 0) is 16.6 Å². The molecule has 1 aliphatic heterocycles. The van der Waals surface area contributed by atoms with Crippen molar-refractivity contribution in [2.45, 2.75) is 6.92 Å². The first-order chi connectivity index (χ1) is 10.9. The Morgan fingerprint density at radius 2 is 2.22 bits per heavy atom. The molecule has 1 N–H and O–H groups in total. The molecule has 1 aliphatic rings. The number of nitrogens with one attached hydrogen (secondary N) is 1. The smallest absolute Gasteiger partial charge is 0.265 e. The van der Waals surface area contributed by atoms with E-state index in [0.29, 0.717) is 22.3 Å². The van der Waals surface area contributed by atoms with E-state index in [-0.39, 0.29) is 25.0 Å². The summed E-state index contributed by atoms with van der Waals surface area (Å²) < 4.78 is 6.92. The highest BCUT2D eigenvalue weighted by molar-refractivity contribution is 6.31. The van der Waals surface area contributed by atoms with Gasteiger partial charge < -0.3 is 10.1 Å². The average molecular weight is 335 g/mol. The van der Waals surface area contributed by atoms with Gasteiger partial charge in [0.05, 0.1) is 11.4 Å². The number of halogens is 1. The van der Waals surface area contributed by atoms with Gasteiger partial charge in [0, 0.05) is 18.1 Å². The van der Waals surface area contributed by atoms with Gasteiger partial charge in [-0.1, -0.05) is 11.6 Å². The van der Waals surface area contributed by atoms with Crippen LogP contribution in [0.2, 0.25) is 5.02 Å². The van der Waals surface area contributed by atoms with Crippen LogP contribution in [0.25, 0.3) is 0 Å². The van der Waals surface area contributed by atoms with E-state index in [1.807, 2.05) is 6.92 Å². The quantitative estimate of drug-likeness (QED) is 0.927. The first kappa shape index (κ1) is 15.4. The lowest BCUT2D eigenvalue weighted by Crippen LogP contribution is -2.43. The Kier molecular flexibility index (Phi) is 3.96. The SMILES string of the molecule is Cc1cc(NC(=O)CN2C(=O)COc3ccc(Cl)cc32)n(C)n1. The lowest BCUT2D eigenvalue weighted by molar-refractivity contribution is -0.123. The Hall–Kier alpha value is -2.54. The van der Waals surface area contributed by atoms with Crippen molar-refractivity contribution in [1.82, 2.24) is 9.78 Å². The van der Waals surface area contributed by atoms with E-state index >= 15 is 0 Å². The second-order valence-electron chi connectivity index (χ2n) is 5.22. The fourth-order valence-corrected chi connectivity index (χ4v) is 2.57. The zero-order valence-corrected chi connectivity index (χ0v) is 13.4. The molecule has 0 saturated carbocycles. The third kappa shape index (κ3) is 3.14. The van der Waals surface area contributed by atoms with Crippen LogP contribution in [0.15, 0.2) is 24.3 Å². The Labute approximate surface area is 137 Å². The normalized spacial score (nSPS) is 13.5. The molecule has 0 fully saturated rings. The van der Waals surface area contributed by atoms with Gasteiger partial charge in [0.25, 0.3) is 5.91 Å². The van der Waals surface area contributed by atoms with Crippen LogP contribution in [0.4, 0.5) is 11.5 Å². The second kappa shape index (κ2) is 5.92. The molecule has 2 heterocycles. The third-order valence-electron chi connectivity index (χ3n) is 3.44. The first-order valence-electron chi connectivity index (χ1n) is 6.97. The van der Waals surface area contributed by atoms with E-state index < -0.39 is 0 Å². The summed E-state index contributed by atoms with van der Waals surface area (Å²) in [7, 11) is 1.73. The van der Waals surface area contributed by atoms with Crippen LogP contribution >= 0.6 is 11.6 Å². The van der Waals surface area contributed by atoms with Gasteiger partial charge in [-0.2, -0.15) is 5.10 Å². The maximum atomic E-state index is 12.3. The monoisotopic (exact) mass is 334 g/mol. The largest absolute Gasteiger partial charge is 0.482 e. The number of ether oxygens (including phenoxy) is 1. The minimum absolute atomic E-state index is 0.104. The van der Waals surface area contributed by atoms with E-state index in [9.17, 15) is 9.59 Å². The number of hydrogen-bond acceptors (Lipinski definition) is 4. The number of aromatic nitrogens is 2. The van der Waals surface area contributed by atoms with Gasteiger partial charge in [0.15, 0.2) is 6.61 Å². The summed E-state index contributed by atoms with van der Waals surface area (Å²) in [5, 5.41) is 7.36. The summed E-state index contributed by atoms with van der Waals surface area (Å²) in [5.41, 5.74) is 1.28. The third-order valence-corrected chi connectivity index (χ3v) is 3.67. The van der Waals surface area contributed by atoms with Crippen molar-refractivity contribution in [3.05, 3.63) is 35.0 Å². The second-order valence-corrected chi connectivity index (χ2v) is 5.66. The van der Waals surface area contributed by atoms with Gasteiger partial charge in [-0.15, -0.1) is 0 Å². The molecule has 1 aromatic heterocycles. The molecule has 0 saturated heterocycles. The number of aryl methyl sites for hydroxylation is 2. The van der Waals surface area contributed by atoms with E-state index in [1.165, 1.54) is 4.90 Å². The van der Waals surface area contributed by atoms with Crippen LogP contribution < -0.4 is 15.0 Å². The van der Waals surface area contributed by atoms with Crippen LogP contribution in [0.1, 0.15) is 5.69 Å². The number of hydrogen-bond donors (Lipinski definition) is 1. The Balaban J connectivity index is 1.79. The minimum atomic E-state index is -0.325. The number of anilines is 2. The van der Waals surface area contributed by atoms with E-state index in [4.69, 9.17) is 16.3 Å². The highest BCUT2D eigenvalue weighted by Crippen LogP contribution is 2.34. The maximum Gasteiger partial charge on any atom is 0.265 e. The summed E-state index contributed by atoms with van der Waals surface area (Å²) in [6.45, 7) is 1.60. The molecule has 7 nitrogen and oxygen atoms in total. The molecule has 0 atom stereocenters. The van der Waals surface area contributed by atoms with Crippen LogP contribution in [-0.4, -0.2) is 34.7 Å². The summed E-state index contributed by atoms with van der Waals surface area (Å²) in [5.74, 6) is 0.475. The molecule has 0 spiro atoms. The summed E-state index contributed by atoms with van der Waals surface area (Å²) in [4.78, 5) is 25.7. The first-order valence-corrected chi connectivity index (χ1v) is 7.35. The minimum Gasteiger partial charge on any atom is -0.482 e.